The number of quaternary nitrogens is 1. The Balaban J connectivity index is 1.41. The maximum atomic E-state index is 12.9. The lowest BCUT2D eigenvalue weighted by atomic mass is 9.75. The molecule has 1 unspecified atom stereocenters. The molecule has 6 nitrogen and oxygen atoms in total. The summed E-state index contributed by atoms with van der Waals surface area (Å²) in [6.07, 6.45) is 10.9. The van der Waals surface area contributed by atoms with Crippen molar-refractivity contribution in [2.45, 2.75) is 57.8 Å². The molecule has 0 aromatic carbocycles. The lowest BCUT2D eigenvalue weighted by Crippen LogP contribution is -3.15. The van der Waals surface area contributed by atoms with Crippen molar-refractivity contribution in [3.8, 4) is 0 Å². The van der Waals surface area contributed by atoms with Crippen LogP contribution in [0.1, 0.15) is 65.7 Å². The molecule has 0 radical (unpaired) electrons. The van der Waals surface area contributed by atoms with E-state index in [1.54, 1.807) is 18.4 Å². The molecule has 3 atom stereocenters. The maximum absolute atomic E-state index is 12.9. The quantitative estimate of drug-likeness (QED) is 0.575. The monoisotopic (exact) mass is 434 g/mol. The first kappa shape index (κ1) is 21.8. The number of ether oxygens (including phenoxy) is 1. The predicted octanol–water partition coefficient (Wildman–Crippen LogP) is 2.04. The molecule has 3 N–H and O–H groups in total. The minimum atomic E-state index is -0.0860. The Morgan fingerprint density at radius 3 is 2.73 bits per heavy atom. The molecule has 166 valence electrons. The van der Waals surface area contributed by atoms with Crippen molar-refractivity contribution in [1.29, 1.82) is 0 Å². The highest BCUT2D eigenvalue weighted by molar-refractivity contribution is 7.17. The van der Waals surface area contributed by atoms with E-state index < -0.39 is 0 Å². The number of methoxy groups -OCH3 is 1. The first-order valence-electron chi connectivity index (χ1n) is 11.7. The number of aryl methyl sites for hydroxylation is 1. The summed E-state index contributed by atoms with van der Waals surface area (Å²) in [5, 5.41) is 6.82. The molecule has 1 saturated carbocycles. The third-order valence-electron chi connectivity index (χ3n) is 7.14. The lowest BCUT2D eigenvalue weighted by Gasteiger charge is -2.38. The van der Waals surface area contributed by atoms with Crippen molar-refractivity contribution < 1.29 is 19.2 Å². The average Bonchev–Trinajstić information content (AvgIpc) is 3.11. The number of piperidine rings is 1. The first-order chi connectivity index (χ1) is 14.7. The van der Waals surface area contributed by atoms with Gasteiger partial charge in [-0.25, -0.2) is 0 Å². The molecule has 2 heterocycles. The molecule has 1 aromatic rings. The van der Waals surface area contributed by atoms with Crippen LogP contribution in [0.5, 0.6) is 0 Å². The van der Waals surface area contributed by atoms with Crippen LogP contribution in [0.15, 0.2) is 0 Å². The average molecular weight is 435 g/mol. The molecule has 1 aromatic heterocycles. The molecule has 30 heavy (non-hydrogen) atoms. The lowest BCUT2D eigenvalue weighted by molar-refractivity contribution is -0.902. The van der Waals surface area contributed by atoms with Crippen LogP contribution in [0.2, 0.25) is 0 Å². The van der Waals surface area contributed by atoms with E-state index in [1.807, 2.05) is 0 Å². The summed E-state index contributed by atoms with van der Waals surface area (Å²) in [7, 11) is 1.63. The van der Waals surface area contributed by atoms with Gasteiger partial charge in [-0.2, -0.15) is 0 Å². The van der Waals surface area contributed by atoms with Gasteiger partial charge < -0.3 is 20.3 Å². The summed E-state index contributed by atoms with van der Waals surface area (Å²) >= 11 is 1.60. The molecule has 7 heteroatoms. The number of likely N-dealkylation sites (tertiary alicyclic amines) is 1. The molecule has 4 rings (SSSR count). The first-order valence-corrected chi connectivity index (χ1v) is 12.5. The number of carbonyl (C=O) groups is 2. The SMILES string of the molecule is COCCNC(=O)c1c(NC(=O)C[NH+]2CC[C@@H]3CCCC[C@@H]3C2)sc2c1CCCC2. The standard InChI is InChI=1S/C23H35N3O3S/c1-29-13-11-24-22(28)21-18-8-4-5-9-19(18)30-23(21)25-20(27)15-26-12-10-16-6-2-3-7-17(16)14-26/h16-17H,2-15H2,1H3,(H,24,28)(H,25,27)/p+1/t16-,17+/m0/s1. The van der Waals surface area contributed by atoms with Gasteiger partial charge in [0.25, 0.3) is 11.8 Å². The Hall–Kier alpha value is -1.44. The second-order valence-electron chi connectivity index (χ2n) is 9.19. The van der Waals surface area contributed by atoms with E-state index >= 15 is 0 Å². The topological polar surface area (TPSA) is 71.9 Å². The summed E-state index contributed by atoms with van der Waals surface area (Å²) in [5.41, 5.74) is 1.84. The van der Waals surface area contributed by atoms with Crippen molar-refractivity contribution >= 4 is 28.2 Å². The largest absolute Gasteiger partial charge is 0.383 e. The van der Waals surface area contributed by atoms with Crippen molar-refractivity contribution in [1.82, 2.24) is 5.32 Å². The van der Waals surface area contributed by atoms with Crippen LogP contribution >= 0.6 is 11.3 Å². The number of anilines is 1. The van der Waals surface area contributed by atoms with Crippen LogP contribution in [0.4, 0.5) is 5.00 Å². The Labute approximate surface area is 183 Å². The van der Waals surface area contributed by atoms with Crippen molar-refractivity contribution in [2.75, 3.05) is 45.2 Å². The molecule has 1 aliphatic heterocycles. The molecular formula is C23H36N3O3S+. The van der Waals surface area contributed by atoms with Crippen molar-refractivity contribution in [3.63, 3.8) is 0 Å². The van der Waals surface area contributed by atoms with Gasteiger partial charge in [-0.3, -0.25) is 9.59 Å². The Kier molecular flexibility index (Phi) is 7.44. The predicted molar refractivity (Wildman–Crippen MR) is 119 cm³/mol. The Morgan fingerprint density at radius 1 is 1.10 bits per heavy atom. The third kappa shape index (κ3) is 5.06. The number of hydrogen-bond donors (Lipinski definition) is 3. The fraction of sp³-hybridized carbons (Fsp3) is 0.739. The van der Waals surface area contributed by atoms with E-state index in [4.69, 9.17) is 4.74 Å². The summed E-state index contributed by atoms with van der Waals surface area (Å²) in [5.74, 6) is 1.64. The van der Waals surface area contributed by atoms with Gasteiger partial charge in [0.05, 0.1) is 25.3 Å². The van der Waals surface area contributed by atoms with Crippen LogP contribution in [0.3, 0.4) is 0 Å². The van der Waals surface area contributed by atoms with E-state index in [-0.39, 0.29) is 11.8 Å². The normalized spacial score (nSPS) is 25.8. The van der Waals surface area contributed by atoms with Crippen LogP contribution < -0.4 is 15.5 Å². The van der Waals surface area contributed by atoms with Gasteiger partial charge in [-0.05, 0) is 56.4 Å². The minimum Gasteiger partial charge on any atom is -0.383 e. The molecule has 2 amide bonds. The highest BCUT2D eigenvalue weighted by Gasteiger charge is 2.34. The van der Waals surface area contributed by atoms with E-state index in [2.05, 4.69) is 10.6 Å². The highest BCUT2D eigenvalue weighted by atomic mass is 32.1. The summed E-state index contributed by atoms with van der Waals surface area (Å²) < 4.78 is 5.05. The van der Waals surface area contributed by atoms with Gasteiger partial charge in [0.1, 0.15) is 5.00 Å². The van der Waals surface area contributed by atoms with Gasteiger partial charge >= 0.3 is 0 Å². The fourth-order valence-electron chi connectivity index (χ4n) is 5.60. The number of rotatable bonds is 7. The van der Waals surface area contributed by atoms with Gasteiger partial charge in [-0.1, -0.05) is 12.8 Å². The molecule has 1 saturated heterocycles. The zero-order valence-corrected chi connectivity index (χ0v) is 19.0. The van der Waals surface area contributed by atoms with Crippen LogP contribution in [-0.2, 0) is 22.4 Å². The van der Waals surface area contributed by atoms with Crippen LogP contribution in [0.25, 0.3) is 0 Å². The molecule has 0 bridgehead atoms. The summed E-state index contributed by atoms with van der Waals surface area (Å²) in [6.45, 7) is 3.70. The van der Waals surface area contributed by atoms with Crippen molar-refractivity contribution in [3.05, 3.63) is 16.0 Å². The van der Waals surface area contributed by atoms with Crippen LogP contribution in [-0.4, -0.2) is 51.7 Å². The number of carbonyl (C=O) groups excluding carboxylic acids is 2. The number of amides is 2. The third-order valence-corrected chi connectivity index (χ3v) is 8.35. The van der Waals surface area contributed by atoms with E-state index in [0.29, 0.717) is 25.3 Å². The minimum absolute atomic E-state index is 0.0452. The number of nitrogens with one attached hydrogen (secondary N) is 3. The number of fused-ring (bicyclic) bond motifs is 2. The van der Waals surface area contributed by atoms with Gasteiger partial charge in [0.2, 0.25) is 0 Å². The van der Waals surface area contributed by atoms with E-state index in [1.165, 1.54) is 41.9 Å². The zero-order chi connectivity index (χ0) is 20.9. The summed E-state index contributed by atoms with van der Waals surface area (Å²) in [4.78, 5) is 28.5. The molecular weight excluding hydrogens is 398 g/mol. The Bertz CT molecular complexity index is 763. The zero-order valence-electron chi connectivity index (χ0n) is 18.2. The number of thiophene rings is 1. The highest BCUT2D eigenvalue weighted by Crippen LogP contribution is 2.38. The molecule has 0 spiro atoms. The second kappa shape index (κ2) is 10.2. The van der Waals surface area contributed by atoms with E-state index in [9.17, 15) is 9.59 Å². The number of hydrogen-bond acceptors (Lipinski definition) is 4. The second-order valence-corrected chi connectivity index (χ2v) is 10.3. The van der Waals surface area contributed by atoms with Crippen LogP contribution in [0, 0.1) is 11.8 Å². The van der Waals surface area contributed by atoms with Gasteiger partial charge in [-0.15, -0.1) is 11.3 Å². The van der Waals surface area contributed by atoms with Gasteiger partial charge in [0, 0.05) is 24.4 Å². The fourth-order valence-corrected chi connectivity index (χ4v) is 6.91. The molecule has 2 aliphatic carbocycles. The molecule has 2 fully saturated rings. The summed E-state index contributed by atoms with van der Waals surface area (Å²) in [6, 6.07) is 0. The van der Waals surface area contributed by atoms with E-state index in [0.717, 1.165) is 61.2 Å². The smallest absolute Gasteiger partial charge is 0.280 e. The van der Waals surface area contributed by atoms with Gasteiger partial charge in [0.15, 0.2) is 6.54 Å². The maximum Gasteiger partial charge on any atom is 0.280 e. The molecule has 3 aliphatic rings. The Morgan fingerprint density at radius 2 is 1.90 bits per heavy atom. The van der Waals surface area contributed by atoms with Crippen molar-refractivity contribution in [2.24, 2.45) is 11.8 Å².